The molecule has 0 heterocycles. The Labute approximate surface area is 49.8 Å². The molecule has 0 aromatic carbocycles. The van der Waals surface area contributed by atoms with Crippen molar-refractivity contribution in [2.45, 2.75) is 12.5 Å². The lowest BCUT2D eigenvalue weighted by molar-refractivity contribution is 0.232. The van der Waals surface area contributed by atoms with E-state index in [0.717, 1.165) is 0 Å². The highest BCUT2D eigenvalue weighted by molar-refractivity contribution is 7.74. The van der Waals surface area contributed by atoms with Gasteiger partial charge in [0.05, 0.1) is 17.5 Å². The molecular weight excluding hydrogens is 128 g/mol. The van der Waals surface area contributed by atoms with Crippen LogP contribution in [0.25, 0.3) is 0 Å². The molecule has 0 saturated carbocycles. The molecule has 0 aliphatic heterocycles. The van der Waals surface area contributed by atoms with Gasteiger partial charge in [-0.1, -0.05) is 12.2 Å². The van der Waals surface area contributed by atoms with Crippen LogP contribution in [0.1, 0.15) is 6.42 Å². The van der Waals surface area contributed by atoms with E-state index >= 15 is 0 Å². The molecule has 0 bridgehead atoms. The standard InChI is InChI=1S/C4H6O3S/c5-8(6)7-4-2-1-3-4/h1-2,4H,3H2,(H,5,6)/p-1. The molecule has 0 saturated heterocycles. The Hall–Kier alpha value is -0.190. The molecule has 8 heavy (non-hydrogen) atoms. The first-order chi connectivity index (χ1) is 3.79. The van der Waals surface area contributed by atoms with Gasteiger partial charge >= 0.3 is 0 Å². The molecule has 0 N–H and O–H groups in total. The first kappa shape index (κ1) is 5.94. The van der Waals surface area contributed by atoms with Crippen molar-refractivity contribution in [1.29, 1.82) is 0 Å². The normalized spacial score (nSPS) is 29.4. The summed E-state index contributed by atoms with van der Waals surface area (Å²) in [5, 5.41) is 0. The Morgan fingerprint density at radius 3 is 2.62 bits per heavy atom. The molecule has 0 radical (unpaired) electrons. The van der Waals surface area contributed by atoms with Gasteiger partial charge in [-0.15, -0.1) is 0 Å². The summed E-state index contributed by atoms with van der Waals surface area (Å²) in [6, 6.07) is 0. The van der Waals surface area contributed by atoms with Crippen LogP contribution in [0.4, 0.5) is 0 Å². The van der Waals surface area contributed by atoms with Gasteiger partial charge in [0.1, 0.15) is 0 Å². The highest BCUT2D eigenvalue weighted by Crippen LogP contribution is 2.11. The predicted octanol–water partition coefficient (Wildman–Crippen LogP) is 0.126. The Bertz CT molecular complexity index is 131. The van der Waals surface area contributed by atoms with Gasteiger partial charge < -0.3 is 4.55 Å². The van der Waals surface area contributed by atoms with Crippen LogP contribution in [0, 0.1) is 0 Å². The van der Waals surface area contributed by atoms with Gasteiger partial charge in [0.25, 0.3) is 0 Å². The third-order valence-electron chi connectivity index (χ3n) is 0.921. The second-order valence-corrected chi connectivity index (χ2v) is 2.10. The minimum Gasteiger partial charge on any atom is -0.750 e. The quantitative estimate of drug-likeness (QED) is 0.397. The maximum Gasteiger partial charge on any atom is 0.0952 e. The molecule has 0 fully saturated rings. The average Bonchev–Trinajstić information content (AvgIpc) is 1.55. The van der Waals surface area contributed by atoms with Crippen molar-refractivity contribution in [2.75, 3.05) is 0 Å². The fourth-order valence-corrected chi connectivity index (χ4v) is 0.764. The second-order valence-electron chi connectivity index (χ2n) is 1.50. The maximum atomic E-state index is 9.75. The first-order valence-electron chi connectivity index (χ1n) is 2.22. The largest absolute Gasteiger partial charge is 0.750 e. The highest BCUT2D eigenvalue weighted by Gasteiger charge is 2.09. The molecule has 0 spiro atoms. The zero-order chi connectivity index (χ0) is 5.98. The zero-order valence-corrected chi connectivity index (χ0v) is 4.89. The van der Waals surface area contributed by atoms with E-state index in [1.165, 1.54) is 0 Å². The Morgan fingerprint density at radius 2 is 2.50 bits per heavy atom. The number of hydrogen-bond donors (Lipinski definition) is 0. The minimum atomic E-state index is -2.35. The third kappa shape index (κ3) is 1.40. The van der Waals surface area contributed by atoms with E-state index in [4.69, 9.17) is 0 Å². The summed E-state index contributed by atoms with van der Waals surface area (Å²) in [6.07, 6.45) is 4.09. The van der Waals surface area contributed by atoms with Gasteiger partial charge in [-0.2, -0.15) is 0 Å². The van der Waals surface area contributed by atoms with Crippen LogP contribution in [0.5, 0.6) is 0 Å². The van der Waals surface area contributed by atoms with Crippen molar-refractivity contribution in [3.8, 4) is 0 Å². The molecule has 2 atom stereocenters. The van der Waals surface area contributed by atoms with Gasteiger partial charge in [-0.05, 0) is 6.42 Å². The molecule has 46 valence electrons. The lowest BCUT2D eigenvalue weighted by Crippen LogP contribution is -2.15. The van der Waals surface area contributed by atoms with Crippen LogP contribution in [0.15, 0.2) is 12.2 Å². The van der Waals surface area contributed by atoms with Gasteiger partial charge in [0.15, 0.2) is 0 Å². The smallest absolute Gasteiger partial charge is 0.0952 e. The van der Waals surface area contributed by atoms with Crippen molar-refractivity contribution in [2.24, 2.45) is 0 Å². The molecule has 3 nitrogen and oxygen atoms in total. The topological polar surface area (TPSA) is 49.4 Å². The zero-order valence-electron chi connectivity index (χ0n) is 4.07. The first-order valence-corrected chi connectivity index (χ1v) is 3.22. The van der Waals surface area contributed by atoms with Crippen LogP contribution >= 0.6 is 0 Å². The van der Waals surface area contributed by atoms with Crippen LogP contribution in [-0.4, -0.2) is 14.9 Å². The fourth-order valence-electron chi connectivity index (χ4n) is 0.419. The minimum absolute atomic E-state index is 0.187. The highest BCUT2D eigenvalue weighted by atomic mass is 32.2. The lowest BCUT2D eigenvalue weighted by Gasteiger charge is -2.18. The van der Waals surface area contributed by atoms with E-state index in [9.17, 15) is 8.76 Å². The third-order valence-corrected chi connectivity index (χ3v) is 1.33. The Kier molecular flexibility index (Phi) is 1.77. The lowest BCUT2D eigenvalue weighted by atomic mass is 10.1. The van der Waals surface area contributed by atoms with Crippen molar-refractivity contribution >= 4 is 11.4 Å². The molecule has 1 aliphatic rings. The van der Waals surface area contributed by atoms with Crippen molar-refractivity contribution in [1.82, 2.24) is 0 Å². The summed E-state index contributed by atoms with van der Waals surface area (Å²) in [5.41, 5.74) is 0. The van der Waals surface area contributed by atoms with E-state index < -0.39 is 11.4 Å². The van der Waals surface area contributed by atoms with E-state index in [-0.39, 0.29) is 6.10 Å². The molecule has 0 aromatic rings. The van der Waals surface area contributed by atoms with E-state index in [1.54, 1.807) is 6.08 Å². The summed E-state index contributed by atoms with van der Waals surface area (Å²) in [6.45, 7) is 0. The summed E-state index contributed by atoms with van der Waals surface area (Å²) in [7, 11) is 0. The fraction of sp³-hybridized carbons (Fsp3) is 0.500. The molecule has 1 aliphatic carbocycles. The number of hydrogen-bond acceptors (Lipinski definition) is 3. The van der Waals surface area contributed by atoms with E-state index in [0.29, 0.717) is 6.42 Å². The van der Waals surface area contributed by atoms with Gasteiger partial charge in [0.2, 0.25) is 0 Å². The number of rotatable bonds is 2. The molecule has 0 amide bonds. The van der Waals surface area contributed by atoms with Crippen molar-refractivity contribution < 1.29 is 12.9 Å². The second kappa shape index (κ2) is 2.39. The Morgan fingerprint density at radius 1 is 1.88 bits per heavy atom. The summed E-state index contributed by atoms with van der Waals surface area (Å²) in [5.74, 6) is 0. The molecule has 4 heteroatoms. The van der Waals surface area contributed by atoms with Crippen molar-refractivity contribution in [3.63, 3.8) is 0 Å². The van der Waals surface area contributed by atoms with E-state index in [2.05, 4.69) is 4.18 Å². The van der Waals surface area contributed by atoms with Crippen LogP contribution in [-0.2, 0) is 15.5 Å². The Balaban J connectivity index is 2.20. The van der Waals surface area contributed by atoms with Gasteiger partial charge in [-0.3, -0.25) is 4.18 Å². The average molecular weight is 133 g/mol. The SMILES string of the molecule is O=S([O-])OC1C=CC1. The van der Waals surface area contributed by atoms with Crippen LogP contribution < -0.4 is 0 Å². The summed E-state index contributed by atoms with van der Waals surface area (Å²) >= 11 is -2.35. The maximum absolute atomic E-state index is 9.75. The van der Waals surface area contributed by atoms with Crippen LogP contribution in [0.3, 0.4) is 0 Å². The van der Waals surface area contributed by atoms with Gasteiger partial charge in [-0.25, -0.2) is 4.21 Å². The molecule has 1 rings (SSSR count). The molecule has 2 unspecified atom stereocenters. The molecule has 0 aromatic heterocycles. The van der Waals surface area contributed by atoms with Gasteiger partial charge in [0, 0.05) is 0 Å². The van der Waals surface area contributed by atoms with E-state index in [1.807, 2.05) is 6.08 Å². The molecular formula is C4H5O3S-. The monoisotopic (exact) mass is 133 g/mol. The van der Waals surface area contributed by atoms with Crippen LogP contribution in [0.2, 0.25) is 0 Å². The van der Waals surface area contributed by atoms with Crippen molar-refractivity contribution in [3.05, 3.63) is 12.2 Å². The summed E-state index contributed by atoms with van der Waals surface area (Å²) in [4.78, 5) is 0. The predicted molar refractivity (Wildman–Crippen MR) is 27.5 cm³/mol. The summed E-state index contributed by atoms with van der Waals surface area (Å²) < 4.78 is 23.8.